The Morgan fingerprint density at radius 2 is 2.00 bits per heavy atom. The Bertz CT molecular complexity index is 121. The minimum Gasteiger partial charge on any atom is -0.307 e. The van der Waals surface area contributed by atoms with Gasteiger partial charge >= 0.3 is 0 Å². The van der Waals surface area contributed by atoms with Crippen molar-refractivity contribution in [3.05, 3.63) is 0 Å². The molecule has 0 saturated heterocycles. The summed E-state index contributed by atoms with van der Waals surface area (Å²) in [5.41, 5.74) is 0. The van der Waals surface area contributed by atoms with Crippen LogP contribution in [0.4, 0.5) is 0 Å². The molecule has 1 atom stereocenters. The van der Waals surface area contributed by atoms with Crippen LogP contribution >= 0.6 is 0 Å². The van der Waals surface area contributed by atoms with Crippen molar-refractivity contribution in [1.29, 1.82) is 0 Å². The van der Waals surface area contributed by atoms with Crippen molar-refractivity contribution in [3.8, 4) is 0 Å². The molecule has 0 aliphatic heterocycles. The molecular weight excluding hydrogens is 138 g/mol. The highest BCUT2D eigenvalue weighted by molar-refractivity contribution is 5.77. The van der Waals surface area contributed by atoms with Gasteiger partial charge in [0.05, 0.1) is 0 Å². The lowest BCUT2D eigenvalue weighted by atomic mass is 10.1. The van der Waals surface area contributed by atoms with Crippen molar-refractivity contribution in [2.45, 2.75) is 39.2 Å². The fourth-order valence-electron chi connectivity index (χ4n) is 0.805. The molecule has 2 nitrogen and oxygen atoms in total. The molecule has 0 aromatic heterocycles. The van der Waals surface area contributed by atoms with E-state index in [1.807, 2.05) is 21.0 Å². The minimum atomic E-state index is 0.374. The summed E-state index contributed by atoms with van der Waals surface area (Å²) in [4.78, 5) is 13.1. The molecular formula is C9H19NO. The summed E-state index contributed by atoms with van der Waals surface area (Å²) in [5.74, 6) is 0.374. The summed E-state index contributed by atoms with van der Waals surface area (Å²) in [6, 6.07) is 0.519. The van der Waals surface area contributed by atoms with Gasteiger partial charge in [-0.3, -0.25) is 4.79 Å². The summed E-state index contributed by atoms with van der Waals surface area (Å²) in [6.45, 7) is 4.06. The van der Waals surface area contributed by atoms with Gasteiger partial charge in [-0.2, -0.15) is 0 Å². The second-order valence-electron chi connectivity index (χ2n) is 3.24. The van der Waals surface area contributed by atoms with E-state index in [1.54, 1.807) is 0 Å². The fourth-order valence-corrected chi connectivity index (χ4v) is 0.805. The number of rotatable bonds is 5. The van der Waals surface area contributed by atoms with E-state index in [9.17, 15) is 4.79 Å². The van der Waals surface area contributed by atoms with Gasteiger partial charge in [0.25, 0.3) is 0 Å². The van der Waals surface area contributed by atoms with E-state index >= 15 is 0 Å². The maximum atomic E-state index is 10.9. The number of hydrogen-bond acceptors (Lipinski definition) is 2. The maximum absolute atomic E-state index is 10.9. The first kappa shape index (κ1) is 10.6. The molecule has 0 aliphatic carbocycles. The summed E-state index contributed by atoms with van der Waals surface area (Å²) in [5, 5.41) is 0. The zero-order chi connectivity index (χ0) is 8.85. The Morgan fingerprint density at radius 1 is 1.45 bits per heavy atom. The number of Topliss-reactive ketones (excluding diaryl/α,β-unsaturated/α-hetero) is 1. The summed E-state index contributed by atoms with van der Waals surface area (Å²) < 4.78 is 0. The van der Waals surface area contributed by atoms with E-state index in [2.05, 4.69) is 11.8 Å². The summed E-state index contributed by atoms with van der Waals surface area (Å²) in [6.07, 6.45) is 2.40. The zero-order valence-electron chi connectivity index (χ0n) is 8.05. The molecule has 0 fully saturated rings. The van der Waals surface area contributed by atoms with Crippen molar-refractivity contribution >= 4 is 5.78 Å². The number of ketones is 1. The van der Waals surface area contributed by atoms with Crippen LogP contribution in [-0.2, 0) is 4.79 Å². The van der Waals surface area contributed by atoms with Gasteiger partial charge in [-0.05, 0) is 27.4 Å². The zero-order valence-corrected chi connectivity index (χ0v) is 8.05. The van der Waals surface area contributed by atoms with Gasteiger partial charge in [0.15, 0.2) is 0 Å². The molecule has 0 bridgehead atoms. The first-order chi connectivity index (χ1) is 5.07. The predicted molar refractivity (Wildman–Crippen MR) is 47.7 cm³/mol. The summed E-state index contributed by atoms with van der Waals surface area (Å²) >= 11 is 0. The van der Waals surface area contributed by atoms with Crippen LogP contribution < -0.4 is 0 Å². The Balaban J connectivity index is 3.45. The largest absolute Gasteiger partial charge is 0.307 e. The van der Waals surface area contributed by atoms with Crippen LogP contribution in [0, 0.1) is 0 Å². The minimum absolute atomic E-state index is 0.374. The Morgan fingerprint density at radius 3 is 2.36 bits per heavy atom. The Kier molecular flexibility index (Phi) is 5.12. The SMILES string of the molecule is CCC(=O)CCC(C)N(C)C. The molecule has 0 heterocycles. The lowest BCUT2D eigenvalue weighted by molar-refractivity contribution is -0.119. The molecule has 0 amide bonds. The molecule has 2 heteroatoms. The molecule has 11 heavy (non-hydrogen) atoms. The van der Waals surface area contributed by atoms with Gasteiger partial charge in [0.1, 0.15) is 5.78 Å². The van der Waals surface area contributed by atoms with E-state index in [4.69, 9.17) is 0 Å². The summed E-state index contributed by atoms with van der Waals surface area (Å²) in [7, 11) is 4.09. The van der Waals surface area contributed by atoms with Crippen LogP contribution in [-0.4, -0.2) is 30.8 Å². The second kappa shape index (κ2) is 5.30. The molecule has 0 N–H and O–H groups in total. The number of nitrogens with zero attached hydrogens (tertiary/aromatic N) is 1. The first-order valence-electron chi connectivity index (χ1n) is 4.26. The topological polar surface area (TPSA) is 20.3 Å². The smallest absolute Gasteiger partial charge is 0.132 e. The molecule has 0 spiro atoms. The lowest BCUT2D eigenvalue weighted by Gasteiger charge is -2.18. The number of carbonyl (C=O) groups excluding carboxylic acids is 1. The van der Waals surface area contributed by atoms with Crippen molar-refractivity contribution in [2.24, 2.45) is 0 Å². The lowest BCUT2D eigenvalue weighted by Crippen LogP contribution is -2.25. The van der Waals surface area contributed by atoms with Gasteiger partial charge in [-0.1, -0.05) is 6.92 Å². The van der Waals surface area contributed by atoms with Gasteiger partial charge in [-0.15, -0.1) is 0 Å². The fraction of sp³-hybridized carbons (Fsp3) is 0.889. The van der Waals surface area contributed by atoms with E-state index in [1.165, 1.54) is 0 Å². The van der Waals surface area contributed by atoms with Crippen molar-refractivity contribution < 1.29 is 4.79 Å². The second-order valence-corrected chi connectivity index (χ2v) is 3.24. The van der Waals surface area contributed by atoms with E-state index in [-0.39, 0.29) is 0 Å². The quantitative estimate of drug-likeness (QED) is 0.605. The van der Waals surface area contributed by atoms with Crippen molar-refractivity contribution in [1.82, 2.24) is 4.90 Å². The Labute approximate surface area is 69.6 Å². The highest BCUT2D eigenvalue weighted by Gasteiger charge is 2.06. The number of carbonyl (C=O) groups is 1. The third-order valence-electron chi connectivity index (χ3n) is 2.12. The number of hydrogen-bond donors (Lipinski definition) is 0. The molecule has 0 aliphatic rings. The maximum Gasteiger partial charge on any atom is 0.132 e. The van der Waals surface area contributed by atoms with Crippen LogP contribution in [0.1, 0.15) is 33.1 Å². The highest BCUT2D eigenvalue weighted by atomic mass is 16.1. The first-order valence-corrected chi connectivity index (χ1v) is 4.26. The van der Waals surface area contributed by atoms with Gasteiger partial charge in [0.2, 0.25) is 0 Å². The molecule has 66 valence electrons. The molecule has 0 aromatic rings. The van der Waals surface area contributed by atoms with E-state index in [0.717, 1.165) is 12.8 Å². The predicted octanol–water partition coefficient (Wildman–Crippen LogP) is 1.70. The monoisotopic (exact) mass is 157 g/mol. The Hall–Kier alpha value is -0.370. The van der Waals surface area contributed by atoms with Crippen LogP contribution in [0.2, 0.25) is 0 Å². The van der Waals surface area contributed by atoms with Gasteiger partial charge in [-0.25, -0.2) is 0 Å². The molecule has 0 radical (unpaired) electrons. The average molecular weight is 157 g/mol. The van der Waals surface area contributed by atoms with Crippen molar-refractivity contribution in [2.75, 3.05) is 14.1 Å². The van der Waals surface area contributed by atoms with Crippen LogP contribution in [0.15, 0.2) is 0 Å². The third kappa shape index (κ3) is 4.96. The van der Waals surface area contributed by atoms with Crippen LogP contribution in [0.5, 0.6) is 0 Å². The average Bonchev–Trinajstić information content (AvgIpc) is 1.99. The molecule has 1 unspecified atom stereocenters. The third-order valence-corrected chi connectivity index (χ3v) is 2.12. The van der Waals surface area contributed by atoms with Gasteiger partial charge < -0.3 is 4.90 Å². The van der Waals surface area contributed by atoms with Crippen molar-refractivity contribution in [3.63, 3.8) is 0 Å². The highest BCUT2D eigenvalue weighted by Crippen LogP contribution is 2.03. The standard InChI is InChI=1S/C9H19NO/c1-5-9(11)7-6-8(2)10(3)4/h8H,5-7H2,1-4H3. The molecule has 0 aromatic carbocycles. The molecule has 0 saturated carbocycles. The van der Waals surface area contributed by atoms with E-state index in [0.29, 0.717) is 18.2 Å². The normalized spacial score (nSPS) is 13.5. The van der Waals surface area contributed by atoms with Crippen LogP contribution in [0.3, 0.4) is 0 Å². The van der Waals surface area contributed by atoms with Gasteiger partial charge in [0, 0.05) is 18.9 Å². The van der Waals surface area contributed by atoms with Crippen LogP contribution in [0.25, 0.3) is 0 Å². The van der Waals surface area contributed by atoms with E-state index < -0.39 is 0 Å². The molecule has 0 rings (SSSR count).